The molecule has 1 heterocycles. The second-order valence-corrected chi connectivity index (χ2v) is 7.00. The Balaban J connectivity index is 0.00000320. The number of benzene rings is 2. The fourth-order valence-electron chi connectivity index (χ4n) is 2.69. The van der Waals surface area contributed by atoms with E-state index in [-0.39, 0.29) is 30.1 Å². The van der Waals surface area contributed by atoms with Gasteiger partial charge < -0.3 is 19.9 Å². The van der Waals surface area contributed by atoms with Crippen LogP contribution in [0.15, 0.2) is 58.0 Å². The molecule has 30 heavy (non-hydrogen) atoms. The highest BCUT2D eigenvalue weighted by Crippen LogP contribution is 2.17. The zero-order valence-corrected chi connectivity index (χ0v) is 20.0. The minimum Gasteiger partial charge on any atom is -0.491 e. The molecule has 0 radical (unpaired) electrons. The van der Waals surface area contributed by atoms with Crippen molar-refractivity contribution in [1.82, 2.24) is 15.5 Å². The first-order valence-corrected chi connectivity index (χ1v) is 9.65. The Hall–Kier alpha value is -2.62. The van der Waals surface area contributed by atoms with E-state index >= 15 is 0 Å². The number of ether oxygens (including phenoxy) is 1. The maximum absolute atomic E-state index is 5.70. The van der Waals surface area contributed by atoms with Gasteiger partial charge in [-0.15, -0.1) is 24.0 Å². The second kappa shape index (κ2) is 11.5. The first kappa shape index (κ1) is 23.7. The highest BCUT2D eigenvalue weighted by atomic mass is 127. The van der Waals surface area contributed by atoms with Crippen LogP contribution in [0.2, 0.25) is 0 Å². The van der Waals surface area contributed by atoms with Crippen molar-refractivity contribution in [3.8, 4) is 5.75 Å². The van der Waals surface area contributed by atoms with E-state index in [0.29, 0.717) is 30.8 Å². The van der Waals surface area contributed by atoms with Crippen LogP contribution in [0, 0.1) is 13.8 Å². The van der Waals surface area contributed by atoms with E-state index in [0.717, 1.165) is 11.4 Å². The number of hydrogen-bond acceptors (Lipinski definition) is 5. The van der Waals surface area contributed by atoms with Crippen molar-refractivity contribution < 1.29 is 9.26 Å². The molecule has 2 N–H and O–H groups in total. The summed E-state index contributed by atoms with van der Waals surface area (Å²) in [4.78, 5) is 8.94. The Morgan fingerprint density at radius 3 is 2.47 bits per heavy atom. The fourth-order valence-corrected chi connectivity index (χ4v) is 2.69. The molecule has 0 saturated carbocycles. The van der Waals surface area contributed by atoms with E-state index in [9.17, 15) is 0 Å². The average molecular weight is 521 g/mol. The molecule has 0 aliphatic carbocycles. The molecule has 160 valence electrons. The van der Waals surface area contributed by atoms with Gasteiger partial charge in [-0.2, -0.15) is 4.98 Å². The van der Waals surface area contributed by atoms with Gasteiger partial charge in [-0.05, 0) is 63.1 Å². The van der Waals surface area contributed by atoms with Crippen LogP contribution >= 0.6 is 24.0 Å². The Bertz CT molecular complexity index is 954. The highest BCUT2D eigenvalue weighted by Gasteiger charge is 2.07. The summed E-state index contributed by atoms with van der Waals surface area (Å²) in [6.07, 6.45) is 0.138. The summed E-state index contributed by atoms with van der Waals surface area (Å²) in [6.45, 7) is 8.82. The summed E-state index contributed by atoms with van der Waals surface area (Å²) >= 11 is 0. The molecule has 0 bridgehead atoms. The number of aryl methyl sites for hydroxylation is 2. The number of aliphatic imine (C=N–C) groups is 1. The SMILES string of the molecule is Cc1noc(CNC(=NCc2ccccc2C)Nc2ccc(OC(C)C)cc2)n1.I. The van der Waals surface area contributed by atoms with Gasteiger partial charge in [0.05, 0.1) is 19.2 Å². The minimum absolute atomic E-state index is 0. The number of nitrogens with one attached hydrogen (secondary N) is 2. The Labute approximate surface area is 194 Å². The van der Waals surface area contributed by atoms with Gasteiger partial charge in [-0.1, -0.05) is 29.4 Å². The Kier molecular flexibility index (Phi) is 9.10. The zero-order chi connectivity index (χ0) is 20.6. The lowest BCUT2D eigenvalue weighted by atomic mass is 10.1. The molecular weight excluding hydrogens is 493 g/mol. The zero-order valence-electron chi connectivity index (χ0n) is 17.7. The molecule has 0 aliphatic heterocycles. The van der Waals surface area contributed by atoms with E-state index in [1.54, 1.807) is 6.92 Å². The van der Waals surface area contributed by atoms with Gasteiger partial charge in [0.15, 0.2) is 11.8 Å². The molecule has 0 amide bonds. The first-order chi connectivity index (χ1) is 14.0. The van der Waals surface area contributed by atoms with Crippen molar-refractivity contribution in [2.45, 2.75) is 46.9 Å². The predicted molar refractivity (Wildman–Crippen MR) is 129 cm³/mol. The minimum atomic E-state index is 0. The van der Waals surface area contributed by atoms with Crippen LogP contribution in [0.3, 0.4) is 0 Å². The molecule has 3 rings (SSSR count). The topological polar surface area (TPSA) is 84.6 Å². The van der Waals surface area contributed by atoms with Gasteiger partial charge in [0.2, 0.25) is 5.89 Å². The Morgan fingerprint density at radius 1 is 1.10 bits per heavy atom. The van der Waals surface area contributed by atoms with Gasteiger partial charge in [-0.25, -0.2) is 4.99 Å². The summed E-state index contributed by atoms with van der Waals surface area (Å²) in [5, 5.41) is 10.4. The maximum atomic E-state index is 5.70. The van der Waals surface area contributed by atoms with Crippen LogP contribution < -0.4 is 15.4 Å². The number of aromatic nitrogens is 2. The van der Waals surface area contributed by atoms with Gasteiger partial charge in [0, 0.05) is 5.69 Å². The van der Waals surface area contributed by atoms with Crippen LogP contribution in [0.5, 0.6) is 5.75 Å². The number of nitrogens with zero attached hydrogens (tertiary/aromatic N) is 3. The lowest BCUT2D eigenvalue weighted by molar-refractivity contribution is 0.242. The predicted octanol–water partition coefficient (Wildman–Crippen LogP) is 4.85. The molecule has 0 saturated heterocycles. The van der Waals surface area contributed by atoms with Gasteiger partial charge in [0.25, 0.3) is 0 Å². The van der Waals surface area contributed by atoms with E-state index < -0.39 is 0 Å². The van der Waals surface area contributed by atoms with Crippen molar-refractivity contribution in [2.24, 2.45) is 4.99 Å². The average Bonchev–Trinajstić information content (AvgIpc) is 3.11. The van der Waals surface area contributed by atoms with E-state index in [2.05, 4.69) is 39.8 Å². The molecule has 2 aromatic carbocycles. The number of hydrogen-bond donors (Lipinski definition) is 2. The normalized spacial score (nSPS) is 11.2. The van der Waals surface area contributed by atoms with Crippen LogP contribution in [-0.2, 0) is 13.1 Å². The van der Waals surface area contributed by atoms with Crippen LogP contribution in [0.4, 0.5) is 5.69 Å². The Morgan fingerprint density at radius 2 is 1.83 bits per heavy atom. The quantitative estimate of drug-likeness (QED) is 0.263. The molecule has 0 spiro atoms. The summed E-state index contributed by atoms with van der Waals surface area (Å²) in [5.74, 6) is 2.57. The molecule has 0 atom stereocenters. The second-order valence-electron chi connectivity index (χ2n) is 7.00. The summed E-state index contributed by atoms with van der Waals surface area (Å²) in [6, 6.07) is 16.0. The van der Waals surface area contributed by atoms with Gasteiger partial charge >= 0.3 is 0 Å². The molecular formula is C22H28IN5O2. The maximum Gasteiger partial charge on any atom is 0.246 e. The third kappa shape index (κ3) is 7.33. The number of halogens is 1. The lowest BCUT2D eigenvalue weighted by Gasteiger charge is -2.13. The standard InChI is InChI=1S/C22H27N5O2.HI/c1-15(2)28-20-11-9-19(10-12-20)26-22(24-14-21-25-17(4)27-29-21)23-13-18-8-6-5-7-16(18)3;/h5-12,15H,13-14H2,1-4H3,(H2,23,24,26);1H. The molecule has 0 unspecified atom stereocenters. The van der Waals surface area contributed by atoms with Crippen LogP contribution in [0.1, 0.15) is 36.7 Å². The van der Waals surface area contributed by atoms with E-state index in [1.165, 1.54) is 11.1 Å². The van der Waals surface area contributed by atoms with Crippen molar-refractivity contribution >= 4 is 35.6 Å². The fraction of sp³-hybridized carbons (Fsp3) is 0.318. The van der Waals surface area contributed by atoms with Crippen molar-refractivity contribution in [3.63, 3.8) is 0 Å². The monoisotopic (exact) mass is 521 g/mol. The summed E-state index contributed by atoms with van der Waals surface area (Å²) in [5.41, 5.74) is 3.28. The highest BCUT2D eigenvalue weighted by molar-refractivity contribution is 14.0. The molecule has 0 aliphatic rings. The van der Waals surface area contributed by atoms with Crippen LogP contribution in [-0.4, -0.2) is 22.2 Å². The van der Waals surface area contributed by atoms with Gasteiger partial charge in [0.1, 0.15) is 5.75 Å². The lowest BCUT2D eigenvalue weighted by Crippen LogP contribution is -2.30. The molecule has 7 nitrogen and oxygen atoms in total. The third-order valence-electron chi connectivity index (χ3n) is 4.13. The smallest absolute Gasteiger partial charge is 0.246 e. The molecule has 1 aromatic heterocycles. The molecule has 0 fully saturated rings. The third-order valence-corrected chi connectivity index (χ3v) is 4.13. The van der Waals surface area contributed by atoms with Crippen molar-refractivity contribution in [2.75, 3.05) is 5.32 Å². The van der Waals surface area contributed by atoms with Crippen molar-refractivity contribution in [1.29, 1.82) is 0 Å². The van der Waals surface area contributed by atoms with Crippen LogP contribution in [0.25, 0.3) is 0 Å². The first-order valence-electron chi connectivity index (χ1n) is 9.65. The largest absolute Gasteiger partial charge is 0.491 e. The number of anilines is 1. The molecule has 8 heteroatoms. The summed E-state index contributed by atoms with van der Waals surface area (Å²) in [7, 11) is 0. The summed E-state index contributed by atoms with van der Waals surface area (Å²) < 4.78 is 10.9. The number of rotatable bonds is 7. The molecule has 3 aromatic rings. The van der Waals surface area contributed by atoms with Gasteiger partial charge in [-0.3, -0.25) is 0 Å². The van der Waals surface area contributed by atoms with E-state index in [1.807, 2.05) is 50.2 Å². The van der Waals surface area contributed by atoms with E-state index in [4.69, 9.17) is 14.3 Å². The van der Waals surface area contributed by atoms with Crippen molar-refractivity contribution in [3.05, 3.63) is 71.4 Å². The number of guanidine groups is 1.